The van der Waals surface area contributed by atoms with E-state index in [0.29, 0.717) is 17.1 Å². The van der Waals surface area contributed by atoms with Crippen LogP contribution in [0.25, 0.3) is 0 Å². The van der Waals surface area contributed by atoms with Crippen LogP contribution in [0.4, 0.5) is 0 Å². The second kappa shape index (κ2) is 8.33. The lowest BCUT2D eigenvalue weighted by Crippen LogP contribution is -2.42. The van der Waals surface area contributed by atoms with Crippen LogP contribution < -0.4 is 4.74 Å². The summed E-state index contributed by atoms with van der Waals surface area (Å²) in [6, 6.07) is 7.71. The molecule has 1 aliphatic heterocycles. The van der Waals surface area contributed by atoms with Crippen LogP contribution in [0.3, 0.4) is 0 Å². The minimum Gasteiger partial charge on any atom is -0.492 e. The average Bonchev–Trinajstić information content (AvgIpc) is 2.44. The molecule has 0 aromatic heterocycles. The summed E-state index contributed by atoms with van der Waals surface area (Å²) in [6.07, 6.45) is 0. The molecule has 3 nitrogen and oxygen atoms in total. The Hall–Kier alpha value is -1.15. The van der Waals surface area contributed by atoms with Crippen LogP contribution in [0.1, 0.15) is 19.4 Å². The maximum absolute atomic E-state index is 8.71. The van der Waals surface area contributed by atoms with E-state index in [-0.39, 0.29) is 6.61 Å². The van der Waals surface area contributed by atoms with Crippen molar-refractivity contribution in [2.24, 2.45) is 0 Å². The molecule has 4 heteroatoms. The lowest BCUT2D eigenvalue weighted by Gasteiger charge is -2.34. The average molecular weight is 305 g/mol. The van der Waals surface area contributed by atoms with Crippen LogP contribution in [0.2, 0.25) is 0 Å². The van der Waals surface area contributed by atoms with Gasteiger partial charge >= 0.3 is 0 Å². The lowest BCUT2D eigenvalue weighted by atomic mass is 10.2. The van der Waals surface area contributed by atoms with E-state index in [0.717, 1.165) is 30.9 Å². The minimum atomic E-state index is -0.117. The third-order valence-electron chi connectivity index (χ3n) is 3.32. The number of ether oxygens (including phenoxy) is 1. The molecule has 2 unspecified atom stereocenters. The zero-order chi connectivity index (χ0) is 15.1. The number of rotatable bonds is 4. The number of nitrogens with zero attached hydrogens (tertiary/aromatic N) is 1. The van der Waals surface area contributed by atoms with Gasteiger partial charge in [0.15, 0.2) is 0 Å². The number of benzene rings is 1. The first kappa shape index (κ1) is 16.2. The molecule has 1 N–H and O–H groups in total. The maximum Gasteiger partial charge on any atom is 0.120 e. The molecule has 1 fully saturated rings. The van der Waals surface area contributed by atoms with Gasteiger partial charge in [-0.1, -0.05) is 31.8 Å². The van der Waals surface area contributed by atoms with Gasteiger partial charge in [0.05, 0.1) is 0 Å². The monoisotopic (exact) mass is 305 g/mol. The van der Waals surface area contributed by atoms with E-state index in [1.807, 2.05) is 24.3 Å². The molecule has 0 radical (unpaired) electrons. The van der Waals surface area contributed by atoms with E-state index in [9.17, 15) is 0 Å². The highest BCUT2D eigenvalue weighted by atomic mass is 32.2. The summed E-state index contributed by atoms with van der Waals surface area (Å²) >= 11 is 2.07. The molecule has 1 aromatic carbocycles. The normalized spacial score (nSPS) is 22.4. The molecule has 1 heterocycles. The van der Waals surface area contributed by atoms with Crippen molar-refractivity contribution in [3.8, 4) is 17.6 Å². The fourth-order valence-electron chi connectivity index (χ4n) is 2.56. The zero-order valence-electron chi connectivity index (χ0n) is 12.7. The molecule has 21 heavy (non-hydrogen) atoms. The molecule has 114 valence electrons. The van der Waals surface area contributed by atoms with Gasteiger partial charge in [-0.05, 0) is 18.2 Å². The van der Waals surface area contributed by atoms with E-state index >= 15 is 0 Å². The molecule has 0 bridgehead atoms. The number of hydrogen-bond donors (Lipinski definition) is 1. The number of aliphatic hydroxyl groups is 1. The first-order chi connectivity index (χ1) is 10.2. The summed E-state index contributed by atoms with van der Waals surface area (Å²) in [6.45, 7) is 8.40. The van der Waals surface area contributed by atoms with Gasteiger partial charge in [0.1, 0.15) is 19.0 Å². The van der Waals surface area contributed by atoms with Crippen LogP contribution in [0, 0.1) is 11.8 Å². The van der Waals surface area contributed by atoms with Gasteiger partial charge in [0, 0.05) is 35.7 Å². The van der Waals surface area contributed by atoms with E-state index in [1.54, 1.807) is 0 Å². The van der Waals surface area contributed by atoms with Gasteiger partial charge < -0.3 is 9.84 Å². The molecule has 0 spiro atoms. The summed E-state index contributed by atoms with van der Waals surface area (Å²) in [4.78, 5) is 2.47. The molecule has 1 saturated heterocycles. The van der Waals surface area contributed by atoms with Gasteiger partial charge in [0.25, 0.3) is 0 Å². The van der Waals surface area contributed by atoms with Gasteiger partial charge in [-0.25, -0.2) is 0 Å². The standard InChI is InChI=1S/C17H23NO2S/c1-14-12-18(13-15(2)21-14)8-10-20-17-7-3-5-16(11-17)6-4-9-19/h3,5,7,11,14-15,19H,8-10,12-13H2,1-2H3. The Kier molecular flexibility index (Phi) is 6.44. The highest BCUT2D eigenvalue weighted by Crippen LogP contribution is 2.24. The smallest absolute Gasteiger partial charge is 0.120 e. The molecule has 0 aliphatic carbocycles. The van der Waals surface area contributed by atoms with Crippen molar-refractivity contribution in [2.45, 2.75) is 24.3 Å². The predicted molar refractivity (Wildman–Crippen MR) is 88.9 cm³/mol. The van der Waals surface area contributed by atoms with E-state index in [2.05, 4.69) is 42.4 Å². The number of hydrogen-bond acceptors (Lipinski definition) is 4. The van der Waals surface area contributed by atoms with E-state index in [4.69, 9.17) is 9.84 Å². The molecule has 0 amide bonds. The molecule has 1 aromatic rings. The fraction of sp³-hybridized carbons (Fsp3) is 0.529. The second-order valence-corrected chi connectivity index (χ2v) is 7.23. The highest BCUT2D eigenvalue weighted by Gasteiger charge is 2.21. The Balaban J connectivity index is 1.80. The van der Waals surface area contributed by atoms with Crippen molar-refractivity contribution in [1.29, 1.82) is 0 Å². The van der Waals surface area contributed by atoms with Crippen LogP contribution in [-0.2, 0) is 0 Å². The van der Waals surface area contributed by atoms with Crippen LogP contribution >= 0.6 is 11.8 Å². The summed E-state index contributed by atoms with van der Waals surface area (Å²) in [7, 11) is 0. The summed E-state index contributed by atoms with van der Waals surface area (Å²) in [5.41, 5.74) is 0.873. The molecule has 2 atom stereocenters. The Morgan fingerprint density at radius 3 is 2.81 bits per heavy atom. The maximum atomic E-state index is 8.71. The summed E-state index contributed by atoms with van der Waals surface area (Å²) in [5, 5.41) is 10.1. The number of aliphatic hydroxyl groups excluding tert-OH is 1. The van der Waals surface area contributed by atoms with Crippen LogP contribution in [0.5, 0.6) is 5.75 Å². The molecular formula is C17H23NO2S. The Bertz CT molecular complexity index is 499. The summed E-state index contributed by atoms with van der Waals surface area (Å²) in [5.74, 6) is 6.38. The molecule has 0 saturated carbocycles. The zero-order valence-corrected chi connectivity index (χ0v) is 13.5. The van der Waals surface area contributed by atoms with Crippen molar-refractivity contribution in [1.82, 2.24) is 4.90 Å². The van der Waals surface area contributed by atoms with Crippen molar-refractivity contribution >= 4 is 11.8 Å². The highest BCUT2D eigenvalue weighted by molar-refractivity contribution is 8.00. The molecule has 2 rings (SSSR count). The number of thioether (sulfide) groups is 1. The first-order valence-corrected chi connectivity index (χ1v) is 8.32. The topological polar surface area (TPSA) is 32.7 Å². The van der Waals surface area contributed by atoms with Gasteiger partial charge in [0.2, 0.25) is 0 Å². The minimum absolute atomic E-state index is 0.117. The molecular weight excluding hydrogens is 282 g/mol. The van der Waals surface area contributed by atoms with Crippen molar-refractivity contribution in [2.75, 3.05) is 32.8 Å². The van der Waals surface area contributed by atoms with Gasteiger partial charge in [-0.3, -0.25) is 4.90 Å². The fourth-order valence-corrected chi connectivity index (χ4v) is 3.95. The van der Waals surface area contributed by atoms with Crippen LogP contribution in [0.15, 0.2) is 24.3 Å². The lowest BCUT2D eigenvalue weighted by molar-refractivity contribution is 0.207. The van der Waals surface area contributed by atoms with Crippen LogP contribution in [-0.4, -0.2) is 53.4 Å². The molecule has 1 aliphatic rings. The van der Waals surface area contributed by atoms with Crippen molar-refractivity contribution in [3.63, 3.8) is 0 Å². The summed E-state index contributed by atoms with van der Waals surface area (Å²) < 4.78 is 5.82. The quantitative estimate of drug-likeness (QED) is 0.865. The predicted octanol–water partition coefficient (Wildman–Crippen LogP) is 2.24. The van der Waals surface area contributed by atoms with Crippen molar-refractivity contribution < 1.29 is 9.84 Å². The Labute approximate surface area is 131 Å². The Morgan fingerprint density at radius 1 is 1.33 bits per heavy atom. The van der Waals surface area contributed by atoms with E-state index < -0.39 is 0 Å². The largest absolute Gasteiger partial charge is 0.492 e. The van der Waals surface area contributed by atoms with E-state index in [1.165, 1.54) is 0 Å². The third-order valence-corrected chi connectivity index (χ3v) is 4.54. The van der Waals surface area contributed by atoms with Gasteiger partial charge in [-0.15, -0.1) is 0 Å². The second-order valence-electron chi connectivity index (χ2n) is 5.35. The first-order valence-electron chi connectivity index (χ1n) is 7.38. The van der Waals surface area contributed by atoms with Crippen molar-refractivity contribution in [3.05, 3.63) is 29.8 Å². The SMILES string of the molecule is CC1CN(CCOc2cccc(C#CCO)c2)CC(C)S1. The van der Waals surface area contributed by atoms with Gasteiger partial charge in [-0.2, -0.15) is 11.8 Å². The third kappa shape index (κ3) is 5.62. The Morgan fingerprint density at radius 2 is 2.10 bits per heavy atom.